The molecule has 0 saturated carbocycles. The van der Waals surface area contributed by atoms with Gasteiger partial charge in [-0.3, -0.25) is 0 Å². The van der Waals surface area contributed by atoms with Crippen molar-refractivity contribution >= 4 is 54.8 Å². The van der Waals surface area contributed by atoms with Crippen LogP contribution in [-0.2, 0) is 5.41 Å². The van der Waals surface area contributed by atoms with Crippen molar-refractivity contribution in [2.75, 3.05) is 4.90 Å². The van der Waals surface area contributed by atoms with E-state index >= 15 is 0 Å². The molecule has 1 aromatic heterocycles. The first-order valence-corrected chi connectivity index (χ1v) is 19.3. The van der Waals surface area contributed by atoms with Gasteiger partial charge in [-0.1, -0.05) is 139 Å². The Hall–Kier alpha value is -6.16. The molecule has 0 radical (unpaired) electrons. The molecule has 9 aromatic rings. The topological polar surface area (TPSA) is 8.17 Å². The number of benzene rings is 8. The Bertz CT molecular complexity index is 2830. The van der Waals surface area contributed by atoms with E-state index in [0.717, 1.165) is 27.2 Å². The van der Waals surface area contributed by atoms with Crippen molar-refractivity contribution in [1.29, 1.82) is 0 Å². The third-order valence-electron chi connectivity index (χ3n) is 11.3. The number of rotatable bonds is 6. The molecule has 1 heterocycles. The Morgan fingerprint density at radius 3 is 1.72 bits per heavy atom. The Labute approximate surface area is 324 Å². The number of hydrogen-bond donors (Lipinski definition) is 0. The Balaban J connectivity index is 1.06. The summed E-state index contributed by atoms with van der Waals surface area (Å²) >= 11 is 3.60. The molecule has 0 amide bonds. The van der Waals surface area contributed by atoms with Gasteiger partial charge < -0.3 is 9.47 Å². The molecule has 0 bridgehead atoms. The van der Waals surface area contributed by atoms with Crippen molar-refractivity contribution in [3.8, 4) is 39.1 Å². The van der Waals surface area contributed by atoms with Gasteiger partial charge in [0.1, 0.15) is 0 Å². The highest BCUT2D eigenvalue weighted by molar-refractivity contribution is 9.10. The van der Waals surface area contributed by atoms with Crippen LogP contribution in [0.5, 0.6) is 0 Å². The van der Waals surface area contributed by atoms with E-state index in [9.17, 15) is 0 Å². The van der Waals surface area contributed by atoms with Crippen LogP contribution in [-0.4, -0.2) is 4.57 Å². The Morgan fingerprint density at radius 2 is 0.981 bits per heavy atom. The first kappa shape index (κ1) is 32.5. The maximum atomic E-state index is 3.60. The Morgan fingerprint density at radius 1 is 0.426 bits per heavy atom. The summed E-state index contributed by atoms with van der Waals surface area (Å²) in [6.45, 7) is 4.70. The molecule has 1 aliphatic carbocycles. The number of halogens is 1. The second kappa shape index (κ2) is 12.8. The van der Waals surface area contributed by atoms with Crippen molar-refractivity contribution < 1.29 is 0 Å². The van der Waals surface area contributed by atoms with E-state index < -0.39 is 0 Å². The van der Waals surface area contributed by atoms with Gasteiger partial charge in [0.15, 0.2) is 0 Å². The van der Waals surface area contributed by atoms with Crippen LogP contribution in [0.15, 0.2) is 193 Å². The average molecular weight is 758 g/mol. The van der Waals surface area contributed by atoms with Crippen LogP contribution in [0.1, 0.15) is 25.0 Å². The molecule has 0 spiro atoms. The number of aromatic nitrogens is 1. The largest absolute Gasteiger partial charge is 0.310 e. The summed E-state index contributed by atoms with van der Waals surface area (Å²) in [7, 11) is 0. The maximum Gasteiger partial charge on any atom is 0.0541 e. The first-order chi connectivity index (χ1) is 26.4. The fourth-order valence-corrected chi connectivity index (χ4v) is 8.80. The molecule has 2 nitrogen and oxygen atoms in total. The summed E-state index contributed by atoms with van der Waals surface area (Å²) in [5, 5.41) is 2.50. The molecule has 1 aliphatic rings. The second-order valence-corrected chi connectivity index (χ2v) is 15.7. The molecule has 0 atom stereocenters. The lowest BCUT2D eigenvalue weighted by Gasteiger charge is -2.28. The zero-order chi connectivity index (χ0) is 36.4. The van der Waals surface area contributed by atoms with Gasteiger partial charge >= 0.3 is 0 Å². The van der Waals surface area contributed by atoms with Crippen molar-refractivity contribution in [3.05, 3.63) is 204 Å². The lowest BCUT2D eigenvalue weighted by Crippen LogP contribution is -2.16. The van der Waals surface area contributed by atoms with Gasteiger partial charge in [0.05, 0.1) is 11.0 Å². The van der Waals surface area contributed by atoms with Crippen LogP contribution in [0.3, 0.4) is 0 Å². The standard InChI is InChI=1S/C51H37BrN2/c1-51(2)47-14-8-6-12-43(47)44-30-29-42(33-48(44)51)53(39-23-16-35(17-24-39)34-10-4-3-5-11-34)40-25-18-36(19-26-40)37-20-31-50-46(32-37)45-13-7-9-15-49(45)54(50)41-27-21-38(52)22-28-41/h3-33H,1-2H3. The van der Waals surface area contributed by atoms with Crippen LogP contribution in [0.25, 0.3) is 60.9 Å². The van der Waals surface area contributed by atoms with E-state index in [2.05, 4.69) is 227 Å². The van der Waals surface area contributed by atoms with Crippen LogP contribution in [0.2, 0.25) is 0 Å². The van der Waals surface area contributed by atoms with Gasteiger partial charge in [0, 0.05) is 43.4 Å². The molecule has 0 aliphatic heterocycles. The van der Waals surface area contributed by atoms with Gasteiger partial charge in [-0.2, -0.15) is 0 Å². The second-order valence-electron chi connectivity index (χ2n) is 14.8. The minimum Gasteiger partial charge on any atom is -0.310 e. The van der Waals surface area contributed by atoms with Gasteiger partial charge in [-0.15, -0.1) is 0 Å². The van der Waals surface area contributed by atoms with E-state index in [1.54, 1.807) is 0 Å². The fourth-order valence-electron chi connectivity index (χ4n) is 8.54. The zero-order valence-electron chi connectivity index (χ0n) is 30.2. The van der Waals surface area contributed by atoms with Crippen LogP contribution >= 0.6 is 15.9 Å². The quantitative estimate of drug-likeness (QED) is 0.164. The lowest BCUT2D eigenvalue weighted by molar-refractivity contribution is 0.660. The molecule has 54 heavy (non-hydrogen) atoms. The molecule has 0 N–H and O–H groups in total. The number of anilines is 3. The molecular weight excluding hydrogens is 720 g/mol. The molecule has 8 aromatic carbocycles. The summed E-state index contributed by atoms with van der Waals surface area (Å²) < 4.78 is 3.44. The predicted molar refractivity (Wildman–Crippen MR) is 232 cm³/mol. The summed E-state index contributed by atoms with van der Waals surface area (Å²) in [6, 6.07) is 68.6. The van der Waals surface area contributed by atoms with Gasteiger partial charge in [-0.25, -0.2) is 0 Å². The van der Waals surface area contributed by atoms with E-state index in [1.807, 2.05) is 0 Å². The number of hydrogen-bond acceptors (Lipinski definition) is 1. The van der Waals surface area contributed by atoms with Crippen molar-refractivity contribution in [3.63, 3.8) is 0 Å². The van der Waals surface area contributed by atoms with Crippen molar-refractivity contribution in [2.24, 2.45) is 0 Å². The molecule has 3 heteroatoms. The monoisotopic (exact) mass is 756 g/mol. The highest BCUT2D eigenvalue weighted by atomic mass is 79.9. The minimum atomic E-state index is -0.0895. The summed E-state index contributed by atoms with van der Waals surface area (Å²) in [6.07, 6.45) is 0. The number of nitrogens with zero attached hydrogens (tertiary/aromatic N) is 2. The number of fused-ring (bicyclic) bond motifs is 6. The molecule has 0 unspecified atom stereocenters. The van der Waals surface area contributed by atoms with Gasteiger partial charge in [0.25, 0.3) is 0 Å². The van der Waals surface area contributed by atoms with Gasteiger partial charge in [0.2, 0.25) is 0 Å². The average Bonchev–Trinajstić information content (AvgIpc) is 3.67. The maximum absolute atomic E-state index is 3.60. The predicted octanol–water partition coefficient (Wildman–Crippen LogP) is 14.7. The molecule has 10 rings (SSSR count). The summed E-state index contributed by atoms with van der Waals surface area (Å²) in [5.74, 6) is 0. The Kier molecular flexibility index (Phi) is 7.67. The highest BCUT2D eigenvalue weighted by Crippen LogP contribution is 2.50. The third-order valence-corrected chi connectivity index (χ3v) is 11.8. The van der Waals surface area contributed by atoms with E-state index in [0.29, 0.717) is 0 Å². The van der Waals surface area contributed by atoms with E-state index in [-0.39, 0.29) is 5.41 Å². The summed E-state index contributed by atoms with van der Waals surface area (Å²) in [4.78, 5) is 2.40. The zero-order valence-corrected chi connectivity index (χ0v) is 31.8. The van der Waals surface area contributed by atoms with Crippen LogP contribution in [0, 0.1) is 0 Å². The third kappa shape index (κ3) is 5.30. The molecule has 258 valence electrons. The molecule has 0 saturated heterocycles. The smallest absolute Gasteiger partial charge is 0.0541 e. The molecule has 0 fully saturated rings. The SMILES string of the molecule is CC1(C)c2ccccc2-c2ccc(N(c3ccc(-c4ccccc4)cc3)c3ccc(-c4ccc5c(c4)c4ccccc4n5-c4ccc(Br)cc4)cc3)cc21. The normalized spacial score (nSPS) is 12.9. The van der Waals surface area contributed by atoms with Crippen LogP contribution in [0.4, 0.5) is 17.1 Å². The molecular formula is C51H37BrN2. The van der Waals surface area contributed by atoms with E-state index in [4.69, 9.17) is 0 Å². The summed E-state index contributed by atoms with van der Waals surface area (Å²) in [5.41, 5.74) is 17.1. The van der Waals surface area contributed by atoms with Crippen molar-refractivity contribution in [2.45, 2.75) is 19.3 Å². The highest BCUT2D eigenvalue weighted by Gasteiger charge is 2.35. The van der Waals surface area contributed by atoms with Gasteiger partial charge in [-0.05, 0) is 123 Å². The minimum absolute atomic E-state index is 0.0895. The fraction of sp³-hybridized carbons (Fsp3) is 0.0588. The first-order valence-electron chi connectivity index (χ1n) is 18.5. The number of para-hydroxylation sites is 1. The van der Waals surface area contributed by atoms with Crippen LogP contribution < -0.4 is 4.90 Å². The van der Waals surface area contributed by atoms with E-state index in [1.165, 1.54) is 66.3 Å². The van der Waals surface area contributed by atoms with Crippen molar-refractivity contribution in [1.82, 2.24) is 4.57 Å². The lowest BCUT2D eigenvalue weighted by atomic mass is 9.82.